The molecule has 1 atom stereocenters. The molecule has 0 heterocycles. The minimum absolute atomic E-state index is 0.899. The second-order valence-corrected chi connectivity index (χ2v) is 2.84. The summed E-state index contributed by atoms with van der Waals surface area (Å²) in [6.45, 7) is 1.15. The van der Waals surface area contributed by atoms with Gasteiger partial charge in [0, 0.05) is 14.2 Å². The smallest absolute Gasteiger partial charge is 0.345 e. The van der Waals surface area contributed by atoms with E-state index in [0.29, 0.717) is 0 Å². The van der Waals surface area contributed by atoms with E-state index in [2.05, 4.69) is 9.47 Å². The zero-order chi connectivity index (χ0) is 9.99. The van der Waals surface area contributed by atoms with Crippen LogP contribution in [0.1, 0.15) is 6.92 Å². The number of halogens is 4. The van der Waals surface area contributed by atoms with Crippen molar-refractivity contribution in [2.45, 2.75) is 24.3 Å². The van der Waals surface area contributed by atoms with Crippen molar-refractivity contribution in [1.29, 1.82) is 0 Å². The van der Waals surface area contributed by atoms with Crippen molar-refractivity contribution in [2.24, 2.45) is 0 Å². The molecule has 0 amide bonds. The Morgan fingerprint density at radius 2 is 1.50 bits per heavy atom. The molecule has 0 spiro atoms. The van der Waals surface area contributed by atoms with E-state index in [0.717, 1.165) is 21.1 Å². The molecule has 1 unspecified atom stereocenters. The molecule has 0 rings (SSSR count). The maximum atomic E-state index is 12.3. The van der Waals surface area contributed by atoms with Crippen molar-refractivity contribution < 1.29 is 22.6 Å². The van der Waals surface area contributed by atoms with Gasteiger partial charge in [-0.25, -0.2) is 0 Å². The fraction of sp³-hybridized carbons (Fsp3) is 1.00. The topological polar surface area (TPSA) is 18.5 Å². The Labute approximate surface area is 73.6 Å². The minimum Gasteiger partial charge on any atom is -0.345 e. The monoisotopic (exact) mass is 206 g/mol. The highest BCUT2D eigenvalue weighted by atomic mass is 35.5. The summed E-state index contributed by atoms with van der Waals surface area (Å²) < 4.78 is 45.3. The predicted octanol–water partition coefficient (Wildman–Crippen LogP) is 2.17. The van der Waals surface area contributed by atoms with Crippen LogP contribution >= 0.6 is 11.6 Å². The molecular weight excluding hydrogens is 197 g/mol. The van der Waals surface area contributed by atoms with Crippen LogP contribution < -0.4 is 0 Å². The summed E-state index contributed by atoms with van der Waals surface area (Å²) in [7, 11) is 1.80. The van der Waals surface area contributed by atoms with Crippen LogP contribution in [0.2, 0.25) is 0 Å². The lowest BCUT2D eigenvalue weighted by atomic mass is 10.2. The van der Waals surface area contributed by atoms with Gasteiger partial charge < -0.3 is 9.47 Å². The quantitative estimate of drug-likeness (QED) is 0.521. The van der Waals surface area contributed by atoms with Crippen LogP contribution in [-0.2, 0) is 9.47 Å². The second-order valence-electron chi connectivity index (χ2n) is 2.19. The number of hydrogen-bond acceptors (Lipinski definition) is 2. The van der Waals surface area contributed by atoms with Gasteiger partial charge in [0.15, 0.2) is 0 Å². The minimum atomic E-state index is -4.64. The Morgan fingerprint density at radius 3 is 1.50 bits per heavy atom. The van der Waals surface area contributed by atoms with Gasteiger partial charge in [-0.05, 0) is 6.92 Å². The van der Waals surface area contributed by atoms with Gasteiger partial charge in [0.1, 0.15) is 0 Å². The molecule has 6 heteroatoms. The van der Waals surface area contributed by atoms with Crippen LogP contribution in [0.5, 0.6) is 0 Å². The highest BCUT2D eigenvalue weighted by Gasteiger charge is 2.59. The Bertz CT molecular complexity index is 142. The van der Waals surface area contributed by atoms with Crippen LogP contribution in [0, 0.1) is 0 Å². The Hall–Kier alpha value is -0.0000000000000000555. The van der Waals surface area contributed by atoms with E-state index in [1.165, 1.54) is 0 Å². The Balaban J connectivity index is 4.83. The number of alkyl halides is 4. The van der Waals surface area contributed by atoms with Crippen molar-refractivity contribution in [1.82, 2.24) is 0 Å². The van der Waals surface area contributed by atoms with Gasteiger partial charge in [0.2, 0.25) is 0 Å². The number of methoxy groups -OCH3 is 2. The molecule has 74 valence electrons. The van der Waals surface area contributed by atoms with Crippen LogP contribution in [0.25, 0.3) is 0 Å². The highest BCUT2D eigenvalue weighted by Crippen LogP contribution is 2.38. The predicted molar refractivity (Wildman–Crippen MR) is 38.1 cm³/mol. The normalized spacial score (nSPS) is 16.2. The van der Waals surface area contributed by atoms with E-state index < -0.39 is 17.3 Å². The molecule has 0 fully saturated rings. The molecule has 0 aromatic carbocycles. The number of rotatable bonds is 3. The standard InChI is InChI=1S/C6H10ClF3O2/c1-4(7)5(11-2,12-3)6(8,9)10/h4H,1-3H3. The third-order valence-corrected chi connectivity index (χ3v) is 1.81. The molecule has 0 aliphatic rings. The Kier molecular flexibility index (Phi) is 3.81. The van der Waals surface area contributed by atoms with E-state index in [1.807, 2.05) is 0 Å². The molecule has 0 bridgehead atoms. The molecule has 0 aromatic heterocycles. The van der Waals surface area contributed by atoms with Crippen molar-refractivity contribution in [3.05, 3.63) is 0 Å². The number of hydrogen-bond donors (Lipinski definition) is 0. The average Bonchev–Trinajstić information content (AvgIpc) is 1.87. The summed E-state index contributed by atoms with van der Waals surface area (Å²) in [5.74, 6) is -2.71. The van der Waals surface area contributed by atoms with Gasteiger partial charge in [-0.3, -0.25) is 0 Å². The van der Waals surface area contributed by atoms with Gasteiger partial charge in [-0.15, -0.1) is 11.6 Å². The lowest BCUT2D eigenvalue weighted by molar-refractivity contribution is -0.365. The maximum absolute atomic E-state index is 12.3. The molecule has 0 aliphatic carbocycles. The molecule has 2 nitrogen and oxygen atoms in total. The first-order chi connectivity index (χ1) is 5.31. The largest absolute Gasteiger partial charge is 0.444 e. The van der Waals surface area contributed by atoms with Gasteiger partial charge in [-0.1, -0.05) is 0 Å². The summed E-state index contributed by atoms with van der Waals surface area (Å²) >= 11 is 5.32. The van der Waals surface area contributed by atoms with Crippen LogP contribution in [0.15, 0.2) is 0 Å². The number of ether oxygens (including phenoxy) is 2. The molecule has 0 aliphatic heterocycles. The SMILES string of the molecule is COC(OC)(C(C)Cl)C(F)(F)F. The average molecular weight is 207 g/mol. The molecule has 0 saturated carbocycles. The third kappa shape index (κ3) is 1.84. The summed E-state index contributed by atoms with van der Waals surface area (Å²) in [5, 5.41) is -1.31. The van der Waals surface area contributed by atoms with Crippen molar-refractivity contribution in [2.75, 3.05) is 14.2 Å². The molecule has 0 N–H and O–H groups in total. The summed E-state index contributed by atoms with van der Waals surface area (Å²) in [4.78, 5) is 0. The van der Waals surface area contributed by atoms with E-state index in [4.69, 9.17) is 11.6 Å². The van der Waals surface area contributed by atoms with Crippen LogP contribution in [-0.4, -0.2) is 31.6 Å². The van der Waals surface area contributed by atoms with Gasteiger partial charge >= 0.3 is 6.18 Å². The lowest BCUT2D eigenvalue weighted by Gasteiger charge is -2.34. The lowest BCUT2D eigenvalue weighted by Crippen LogP contribution is -2.54. The fourth-order valence-electron chi connectivity index (χ4n) is 0.865. The zero-order valence-corrected chi connectivity index (χ0v) is 7.66. The highest BCUT2D eigenvalue weighted by molar-refractivity contribution is 6.21. The van der Waals surface area contributed by atoms with E-state index in [1.54, 1.807) is 0 Å². The molecule has 0 radical (unpaired) electrons. The first-order valence-corrected chi connectivity index (χ1v) is 3.56. The summed E-state index contributed by atoms with van der Waals surface area (Å²) in [5.41, 5.74) is 0. The van der Waals surface area contributed by atoms with Crippen LogP contribution in [0.4, 0.5) is 13.2 Å². The first-order valence-electron chi connectivity index (χ1n) is 3.13. The molecule has 0 saturated heterocycles. The third-order valence-electron chi connectivity index (χ3n) is 1.53. The van der Waals surface area contributed by atoms with Crippen molar-refractivity contribution in [3.8, 4) is 0 Å². The Morgan fingerprint density at radius 1 is 1.17 bits per heavy atom. The van der Waals surface area contributed by atoms with E-state index >= 15 is 0 Å². The summed E-state index contributed by atoms with van der Waals surface area (Å²) in [6.07, 6.45) is -4.64. The first kappa shape index (κ1) is 12.0. The van der Waals surface area contributed by atoms with Crippen molar-refractivity contribution >= 4 is 11.6 Å². The van der Waals surface area contributed by atoms with Crippen LogP contribution in [0.3, 0.4) is 0 Å². The fourth-order valence-corrected chi connectivity index (χ4v) is 1.17. The molecular formula is C6H10ClF3O2. The van der Waals surface area contributed by atoms with Gasteiger partial charge in [-0.2, -0.15) is 13.2 Å². The zero-order valence-electron chi connectivity index (χ0n) is 6.91. The maximum Gasteiger partial charge on any atom is 0.444 e. The summed E-state index contributed by atoms with van der Waals surface area (Å²) in [6, 6.07) is 0. The molecule has 12 heavy (non-hydrogen) atoms. The molecule has 0 aromatic rings. The van der Waals surface area contributed by atoms with Gasteiger partial charge in [0.25, 0.3) is 5.79 Å². The van der Waals surface area contributed by atoms with Crippen molar-refractivity contribution in [3.63, 3.8) is 0 Å². The van der Waals surface area contributed by atoms with E-state index in [9.17, 15) is 13.2 Å². The van der Waals surface area contributed by atoms with Gasteiger partial charge in [0.05, 0.1) is 5.38 Å². The van der Waals surface area contributed by atoms with E-state index in [-0.39, 0.29) is 0 Å². The second kappa shape index (κ2) is 3.81.